The Balaban J connectivity index is 1.20. The molecular weight excluding hydrogens is 366 g/mol. The molecule has 1 aromatic carbocycles. The van der Waals surface area contributed by atoms with Crippen LogP contribution < -0.4 is 0 Å². The fraction of sp³-hybridized carbons (Fsp3) is 0.391. The Labute approximate surface area is 170 Å². The van der Waals surface area contributed by atoms with Crippen molar-refractivity contribution in [3.63, 3.8) is 0 Å². The molecule has 0 bridgehead atoms. The standard InChI is InChI=1S/C23H25N3O3/c1-25-10-6-18-12-19(2-3-21(18)25)22(27)26-15-23(16-26)20(7-11-29-23)14-28-13-17-4-8-24-9-5-17/h2-6,8-10,12,20H,7,11,13-16H2,1H3. The van der Waals surface area contributed by atoms with Crippen LogP contribution in [0.25, 0.3) is 10.9 Å². The third-order valence-corrected chi connectivity index (χ3v) is 6.27. The molecule has 1 atom stereocenters. The Hall–Kier alpha value is -2.70. The Morgan fingerprint density at radius 1 is 1.24 bits per heavy atom. The molecule has 0 radical (unpaired) electrons. The molecule has 0 N–H and O–H groups in total. The van der Waals surface area contributed by atoms with Crippen LogP contribution in [0.15, 0.2) is 55.0 Å². The Morgan fingerprint density at radius 2 is 2.07 bits per heavy atom. The summed E-state index contributed by atoms with van der Waals surface area (Å²) >= 11 is 0. The number of carbonyl (C=O) groups excluding carboxylic acids is 1. The van der Waals surface area contributed by atoms with E-state index in [0.717, 1.165) is 35.1 Å². The summed E-state index contributed by atoms with van der Waals surface area (Å²) in [6.07, 6.45) is 6.55. The maximum Gasteiger partial charge on any atom is 0.254 e. The summed E-state index contributed by atoms with van der Waals surface area (Å²) in [4.78, 5) is 18.9. The van der Waals surface area contributed by atoms with Crippen molar-refractivity contribution >= 4 is 16.8 Å². The largest absolute Gasteiger partial charge is 0.376 e. The SMILES string of the molecule is Cn1ccc2cc(C(=O)N3CC4(C3)OCCC4COCc3ccncc3)ccc21. The van der Waals surface area contributed by atoms with Crippen LogP contribution in [0.2, 0.25) is 0 Å². The van der Waals surface area contributed by atoms with Crippen LogP contribution in [-0.2, 0) is 23.1 Å². The molecule has 6 heteroatoms. The average Bonchev–Trinajstić information content (AvgIpc) is 3.31. The lowest BCUT2D eigenvalue weighted by atomic mass is 9.81. The van der Waals surface area contributed by atoms with Crippen molar-refractivity contribution in [2.45, 2.75) is 18.6 Å². The third-order valence-electron chi connectivity index (χ3n) is 6.27. The molecule has 3 aromatic rings. The number of ether oxygens (including phenoxy) is 2. The molecule has 2 aliphatic heterocycles. The van der Waals surface area contributed by atoms with Crippen LogP contribution in [0.3, 0.4) is 0 Å². The summed E-state index contributed by atoms with van der Waals surface area (Å²) in [5.41, 5.74) is 2.74. The Kier molecular flexibility index (Phi) is 4.60. The minimum atomic E-state index is -0.245. The lowest BCUT2D eigenvalue weighted by molar-refractivity contribution is -0.129. The number of rotatable bonds is 5. The van der Waals surface area contributed by atoms with Crippen molar-refractivity contribution in [1.82, 2.24) is 14.5 Å². The van der Waals surface area contributed by atoms with Crippen molar-refractivity contribution in [2.24, 2.45) is 13.0 Å². The van der Waals surface area contributed by atoms with Gasteiger partial charge in [0.2, 0.25) is 0 Å². The number of amides is 1. The van der Waals surface area contributed by atoms with Gasteiger partial charge in [-0.05, 0) is 48.4 Å². The van der Waals surface area contributed by atoms with Crippen molar-refractivity contribution < 1.29 is 14.3 Å². The highest BCUT2D eigenvalue weighted by molar-refractivity contribution is 5.98. The summed E-state index contributed by atoms with van der Waals surface area (Å²) in [5.74, 6) is 0.401. The number of pyridine rings is 1. The number of likely N-dealkylation sites (tertiary alicyclic amines) is 1. The zero-order chi connectivity index (χ0) is 19.8. The van der Waals surface area contributed by atoms with E-state index in [-0.39, 0.29) is 11.5 Å². The minimum absolute atomic E-state index is 0.0772. The van der Waals surface area contributed by atoms with Crippen molar-refractivity contribution in [3.8, 4) is 0 Å². The summed E-state index contributed by atoms with van der Waals surface area (Å²) in [7, 11) is 2.01. The van der Waals surface area contributed by atoms with Gasteiger partial charge in [-0.1, -0.05) is 0 Å². The van der Waals surface area contributed by atoms with Crippen molar-refractivity contribution in [2.75, 3.05) is 26.3 Å². The van der Waals surface area contributed by atoms with Gasteiger partial charge in [0, 0.05) is 54.6 Å². The first-order chi connectivity index (χ1) is 14.1. The van der Waals surface area contributed by atoms with Gasteiger partial charge in [-0.3, -0.25) is 9.78 Å². The Morgan fingerprint density at radius 3 is 2.90 bits per heavy atom. The quantitative estimate of drug-likeness (QED) is 0.671. The second-order valence-electron chi connectivity index (χ2n) is 8.13. The van der Waals surface area contributed by atoms with Crippen molar-refractivity contribution in [1.29, 1.82) is 0 Å². The molecule has 1 unspecified atom stereocenters. The molecule has 0 aliphatic carbocycles. The summed E-state index contributed by atoms with van der Waals surface area (Å²) in [6, 6.07) is 11.9. The second kappa shape index (κ2) is 7.28. The number of carbonyl (C=O) groups is 1. The monoisotopic (exact) mass is 391 g/mol. The van der Waals surface area contributed by atoms with Gasteiger partial charge in [0.05, 0.1) is 26.3 Å². The molecule has 1 amide bonds. The number of nitrogens with zero attached hydrogens (tertiary/aromatic N) is 3. The van der Waals surface area contributed by atoms with Gasteiger partial charge in [0.1, 0.15) is 5.60 Å². The third kappa shape index (κ3) is 3.32. The predicted octanol–water partition coefficient (Wildman–Crippen LogP) is 3.02. The molecule has 2 aliphatic rings. The smallest absolute Gasteiger partial charge is 0.254 e. The molecule has 6 nitrogen and oxygen atoms in total. The lowest BCUT2D eigenvalue weighted by Crippen LogP contribution is -2.66. The predicted molar refractivity (Wildman–Crippen MR) is 110 cm³/mol. The van der Waals surface area contributed by atoms with E-state index in [9.17, 15) is 4.79 Å². The average molecular weight is 391 g/mol. The van der Waals surface area contributed by atoms with Gasteiger partial charge >= 0.3 is 0 Å². The lowest BCUT2D eigenvalue weighted by Gasteiger charge is -2.50. The van der Waals surface area contributed by atoms with E-state index in [0.29, 0.717) is 32.2 Å². The Bertz CT molecular complexity index is 1020. The molecule has 5 rings (SSSR count). The van der Waals surface area contributed by atoms with Crippen molar-refractivity contribution in [3.05, 3.63) is 66.1 Å². The van der Waals surface area contributed by atoms with Crippen LogP contribution in [0.5, 0.6) is 0 Å². The second-order valence-corrected chi connectivity index (χ2v) is 8.13. The maximum atomic E-state index is 12.9. The summed E-state index contributed by atoms with van der Waals surface area (Å²) < 4.78 is 14.1. The molecule has 4 heterocycles. The van der Waals surface area contributed by atoms with Crippen LogP contribution in [0, 0.1) is 5.92 Å². The van der Waals surface area contributed by atoms with E-state index < -0.39 is 0 Å². The molecule has 150 valence electrons. The van der Waals surface area contributed by atoms with Gasteiger partial charge in [-0.25, -0.2) is 0 Å². The highest BCUT2D eigenvalue weighted by atomic mass is 16.5. The highest BCUT2D eigenvalue weighted by Gasteiger charge is 2.54. The van der Waals surface area contributed by atoms with E-state index in [4.69, 9.17) is 9.47 Å². The van der Waals surface area contributed by atoms with Gasteiger partial charge in [-0.15, -0.1) is 0 Å². The number of benzene rings is 1. The molecule has 1 spiro atoms. The molecular formula is C23H25N3O3. The first-order valence-electron chi connectivity index (χ1n) is 10.1. The first-order valence-corrected chi connectivity index (χ1v) is 10.1. The maximum absolute atomic E-state index is 12.9. The highest BCUT2D eigenvalue weighted by Crippen LogP contribution is 2.40. The van der Waals surface area contributed by atoms with Gasteiger partial charge < -0.3 is 18.9 Å². The van der Waals surface area contributed by atoms with E-state index >= 15 is 0 Å². The molecule has 29 heavy (non-hydrogen) atoms. The van der Waals surface area contributed by atoms with Crippen LogP contribution in [0.4, 0.5) is 0 Å². The first kappa shape index (κ1) is 18.3. The van der Waals surface area contributed by atoms with Gasteiger partial charge in [0.25, 0.3) is 5.91 Å². The zero-order valence-electron chi connectivity index (χ0n) is 16.6. The minimum Gasteiger partial charge on any atom is -0.376 e. The fourth-order valence-corrected chi connectivity index (χ4v) is 4.51. The topological polar surface area (TPSA) is 56.6 Å². The summed E-state index contributed by atoms with van der Waals surface area (Å²) in [6.45, 7) is 3.25. The zero-order valence-corrected chi connectivity index (χ0v) is 16.6. The molecule has 2 saturated heterocycles. The molecule has 2 aromatic heterocycles. The van der Waals surface area contributed by atoms with E-state index in [1.165, 1.54) is 0 Å². The van der Waals surface area contributed by atoms with E-state index in [1.54, 1.807) is 12.4 Å². The van der Waals surface area contributed by atoms with E-state index in [1.807, 2.05) is 54.5 Å². The molecule has 0 saturated carbocycles. The fourth-order valence-electron chi connectivity index (χ4n) is 4.51. The number of hydrogen-bond acceptors (Lipinski definition) is 4. The van der Waals surface area contributed by atoms with Gasteiger partial charge in [-0.2, -0.15) is 0 Å². The number of hydrogen-bond donors (Lipinski definition) is 0. The van der Waals surface area contributed by atoms with Crippen LogP contribution in [0.1, 0.15) is 22.3 Å². The van der Waals surface area contributed by atoms with E-state index in [2.05, 4.69) is 9.55 Å². The number of fused-ring (bicyclic) bond motifs is 1. The molecule has 2 fully saturated rings. The van der Waals surface area contributed by atoms with Crippen LogP contribution in [-0.4, -0.2) is 52.3 Å². The van der Waals surface area contributed by atoms with Gasteiger partial charge in [0.15, 0.2) is 0 Å². The summed E-state index contributed by atoms with van der Waals surface area (Å²) in [5, 5.41) is 1.09. The number of aryl methyl sites for hydroxylation is 1. The normalized spacial score (nSPS) is 20.3. The number of aromatic nitrogens is 2. The van der Waals surface area contributed by atoms with Crippen LogP contribution >= 0.6 is 0 Å².